The maximum Gasteiger partial charge on any atom is 0.449 e. The summed E-state index contributed by atoms with van der Waals surface area (Å²) in [6.45, 7) is -0.375. The third kappa shape index (κ3) is 5.46. The number of amidine groups is 3. The first-order valence-electron chi connectivity index (χ1n) is 8.54. The van der Waals surface area contributed by atoms with Crippen molar-refractivity contribution in [2.45, 2.75) is 25.1 Å². The van der Waals surface area contributed by atoms with Crippen LogP contribution in [0.5, 0.6) is 0 Å². The minimum absolute atomic E-state index is 0.0692. The van der Waals surface area contributed by atoms with Crippen molar-refractivity contribution in [3.8, 4) is 0 Å². The Bertz CT molecular complexity index is 821. The molecule has 0 radical (unpaired) electrons. The molecule has 1 unspecified atom stereocenters. The van der Waals surface area contributed by atoms with E-state index in [1.807, 2.05) is 0 Å². The van der Waals surface area contributed by atoms with E-state index < -0.39 is 41.3 Å². The van der Waals surface area contributed by atoms with E-state index >= 15 is 0 Å². The molecule has 4 N–H and O–H groups in total. The van der Waals surface area contributed by atoms with E-state index in [4.69, 9.17) is 16.6 Å². The van der Waals surface area contributed by atoms with Gasteiger partial charge in [-0.15, -0.1) is 0 Å². The van der Waals surface area contributed by atoms with Gasteiger partial charge in [-0.25, -0.2) is 13.2 Å². The number of aliphatic imine (C=N–C) groups is 1. The third-order valence-corrected chi connectivity index (χ3v) is 4.44. The van der Waals surface area contributed by atoms with Crippen LogP contribution < -0.4 is 5.73 Å². The van der Waals surface area contributed by atoms with Crippen molar-refractivity contribution in [1.82, 2.24) is 9.80 Å². The molecule has 0 saturated carbocycles. The van der Waals surface area contributed by atoms with Crippen molar-refractivity contribution in [1.29, 1.82) is 10.8 Å². The van der Waals surface area contributed by atoms with Gasteiger partial charge in [-0.3, -0.25) is 15.8 Å². The molecule has 1 atom stereocenters. The molecule has 1 aliphatic rings. The molecule has 0 spiro atoms. The number of nitrogens with one attached hydrogen (secondary N) is 2. The van der Waals surface area contributed by atoms with Crippen molar-refractivity contribution < 1.29 is 26.3 Å². The molecule has 0 aromatic heterocycles. The second kappa shape index (κ2) is 8.80. The van der Waals surface area contributed by atoms with Crippen LogP contribution in [0, 0.1) is 28.3 Å². The van der Waals surface area contributed by atoms with E-state index in [-0.39, 0.29) is 38.0 Å². The Hall–Kier alpha value is -2.63. The zero-order valence-electron chi connectivity index (χ0n) is 15.5. The van der Waals surface area contributed by atoms with E-state index in [1.54, 1.807) is 4.90 Å². The fourth-order valence-electron chi connectivity index (χ4n) is 2.99. The van der Waals surface area contributed by atoms with E-state index in [2.05, 4.69) is 4.99 Å². The van der Waals surface area contributed by atoms with Crippen LogP contribution in [0.15, 0.2) is 17.1 Å². The highest BCUT2D eigenvalue weighted by molar-refractivity contribution is 6.03. The summed E-state index contributed by atoms with van der Waals surface area (Å²) in [5.41, 5.74) is 5.87. The molecule has 160 valence electrons. The third-order valence-electron chi connectivity index (χ3n) is 4.44. The smallest absolute Gasteiger partial charge is 0.351 e. The van der Waals surface area contributed by atoms with Crippen molar-refractivity contribution in [3.63, 3.8) is 0 Å². The predicted octanol–water partition coefficient (Wildman–Crippen LogP) is 2.53. The van der Waals surface area contributed by atoms with E-state index in [9.17, 15) is 26.3 Å². The van der Waals surface area contributed by atoms with E-state index in [1.165, 1.54) is 7.05 Å². The summed E-state index contributed by atoms with van der Waals surface area (Å²) in [7, 11) is 1.44. The molecule has 1 heterocycles. The van der Waals surface area contributed by atoms with Crippen molar-refractivity contribution in [2.75, 3.05) is 26.7 Å². The Labute approximate surface area is 163 Å². The number of benzene rings is 1. The second-order valence-electron chi connectivity index (χ2n) is 6.53. The van der Waals surface area contributed by atoms with Gasteiger partial charge < -0.3 is 15.5 Å². The molecule has 0 bridgehead atoms. The number of rotatable bonds is 4. The zero-order chi connectivity index (χ0) is 21.9. The quantitative estimate of drug-likeness (QED) is 0.301. The molecule has 1 aliphatic heterocycles. The zero-order valence-corrected chi connectivity index (χ0v) is 15.5. The van der Waals surface area contributed by atoms with Crippen molar-refractivity contribution in [2.24, 2.45) is 10.7 Å². The number of hydrogen-bond donors (Lipinski definition) is 3. The SMILES string of the molecule is CN=C(CC(N)Cc1cc(F)c(F)cc1F)N1CCN(C(=N)C(F)(F)F)C(=N)C1. The fourth-order valence-corrected chi connectivity index (χ4v) is 2.99. The standard InChI is InChI=1S/C17H20F6N6/c1-27-15(6-10(24)4-9-5-12(19)13(20)7-11(9)18)28-2-3-29(14(25)8-28)16(26)17(21,22)23/h5,7,10,25-26H,2-4,6,8,24H2,1H3. The average Bonchev–Trinajstić information content (AvgIpc) is 2.62. The number of halogens is 6. The lowest BCUT2D eigenvalue weighted by molar-refractivity contribution is -0.0674. The molecule has 6 nitrogen and oxygen atoms in total. The molecule has 12 heteroatoms. The maximum atomic E-state index is 13.8. The molecule has 0 aliphatic carbocycles. The van der Waals surface area contributed by atoms with Gasteiger partial charge in [0.25, 0.3) is 0 Å². The summed E-state index contributed by atoms with van der Waals surface area (Å²) >= 11 is 0. The van der Waals surface area contributed by atoms with Crippen molar-refractivity contribution in [3.05, 3.63) is 35.1 Å². The number of nitrogens with zero attached hydrogens (tertiary/aromatic N) is 3. The van der Waals surface area contributed by atoms with Crippen LogP contribution in [-0.4, -0.2) is 66.2 Å². The lowest BCUT2D eigenvalue weighted by atomic mass is 10.0. The minimum Gasteiger partial charge on any atom is -0.351 e. The van der Waals surface area contributed by atoms with Gasteiger partial charge in [0.05, 0.1) is 6.54 Å². The molecule has 1 saturated heterocycles. The summed E-state index contributed by atoms with van der Waals surface area (Å²) in [6.07, 6.45) is -4.88. The molecule has 1 aromatic carbocycles. The van der Waals surface area contributed by atoms with Gasteiger partial charge in [0, 0.05) is 38.7 Å². The van der Waals surface area contributed by atoms with Crippen LogP contribution in [0.3, 0.4) is 0 Å². The van der Waals surface area contributed by atoms with Crippen LogP contribution in [0.25, 0.3) is 0 Å². The summed E-state index contributed by atoms with van der Waals surface area (Å²) in [5, 5.41) is 15.0. The lowest BCUT2D eigenvalue weighted by Gasteiger charge is -2.38. The van der Waals surface area contributed by atoms with Gasteiger partial charge in [-0.05, 0) is 18.1 Å². The maximum absolute atomic E-state index is 13.8. The first-order valence-corrected chi connectivity index (χ1v) is 8.54. The second-order valence-corrected chi connectivity index (χ2v) is 6.53. The number of nitrogens with two attached hydrogens (primary N) is 1. The molecule has 0 amide bonds. The molecular weight excluding hydrogens is 402 g/mol. The monoisotopic (exact) mass is 422 g/mol. The summed E-state index contributed by atoms with van der Waals surface area (Å²) < 4.78 is 78.2. The number of hydrogen-bond acceptors (Lipinski definition) is 4. The predicted molar refractivity (Wildman–Crippen MR) is 95.8 cm³/mol. The Balaban J connectivity index is 2.01. The van der Waals surface area contributed by atoms with E-state index in [0.29, 0.717) is 16.8 Å². The Kier molecular flexibility index (Phi) is 6.88. The number of alkyl halides is 3. The normalized spacial score (nSPS) is 17.0. The largest absolute Gasteiger partial charge is 0.449 e. The molecule has 29 heavy (non-hydrogen) atoms. The van der Waals surface area contributed by atoms with Crippen LogP contribution in [-0.2, 0) is 6.42 Å². The first kappa shape index (κ1) is 22.7. The van der Waals surface area contributed by atoms with E-state index in [0.717, 1.165) is 6.07 Å². The Morgan fingerprint density at radius 1 is 1.17 bits per heavy atom. The first-order chi connectivity index (χ1) is 13.4. The highest BCUT2D eigenvalue weighted by atomic mass is 19.4. The highest BCUT2D eigenvalue weighted by Crippen LogP contribution is 2.21. The lowest BCUT2D eigenvalue weighted by Crippen LogP contribution is -2.56. The average molecular weight is 422 g/mol. The highest BCUT2D eigenvalue weighted by Gasteiger charge is 2.41. The Morgan fingerprint density at radius 3 is 2.34 bits per heavy atom. The summed E-state index contributed by atoms with van der Waals surface area (Å²) in [4.78, 5) is 6.16. The molecule has 2 rings (SSSR count). The topological polar surface area (TPSA) is 92.6 Å². The molecular formula is C17H20F6N6. The van der Waals surface area contributed by atoms with Crippen LogP contribution in [0.4, 0.5) is 26.3 Å². The summed E-state index contributed by atoms with van der Waals surface area (Å²) in [6, 6.07) is 0.432. The van der Waals surface area contributed by atoms with Gasteiger partial charge >= 0.3 is 6.18 Å². The summed E-state index contributed by atoms with van der Waals surface area (Å²) in [5.74, 6) is -5.09. The molecule has 1 fully saturated rings. The van der Waals surface area contributed by atoms with Crippen molar-refractivity contribution >= 4 is 17.5 Å². The number of piperazine rings is 1. The minimum atomic E-state index is -4.85. The van der Waals surface area contributed by atoms with Gasteiger partial charge in [-0.1, -0.05) is 0 Å². The van der Waals surface area contributed by atoms with Gasteiger partial charge in [0.15, 0.2) is 11.6 Å². The van der Waals surface area contributed by atoms with Gasteiger partial charge in [0.2, 0.25) is 5.84 Å². The van der Waals surface area contributed by atoms with Crippen LogP contribution in [0.2, 0.25) is 0 Å². The molecule has 1 aromatic rings. The van der Waals surface area contributed by atoms with Gasteiger partial charge in [0.1, 0.15) is 17.5 Å². The van der Waals surface area contributed by atoms with Gasteiger partial charge in [-0.2, -0.15) is 13.2 Å². The van der Waals surface area contributed by atoms with Crippen LogP contribution in [0.1, 0.15) is 12.0 Å². The van der Waals surface area contributed by atoms with Crippen LogP contribution >= 0.6 is 0 Å². The fraction of sp³-hybridized carbons (Fsp3) is 0.471. The Morgan fingerprint density at radius 2 is 1.79 bits per heavy atom.